The molecule has 0 amide bonds. The molecule has 106 valence electrons. The summed E-state index contributed by atoms with van der Waals surface area (Å²) in [5.41, 5.74) is 1.77. The van der Waals surface area contributed by atoms with E-state index in [0.717, 1.165) is 26.4 Å². The fourth-order valence-corrected chi connectivity index (χ4v) is 2.34. The van der Waals surface area contributed by atoms with Gasteiger partial charge in [-0.25, -0.2) is 9.97 Å². The van der Waals surface area contributed by atoms with Crippen molar-refractivity contribution in [3.63, 3.8) is 0 Å². The van der Waals surface area contributed by atoms with E-state index in [-0.39, 0.29) is 0 Å². The van der Waals surface area contributed by atoms with Gasteiger partial charge in [-0.05, 0) is 41.6 Å². The Morgan fingerprint density at radius 1 is 1.15 bits per heavy atom. The van der Waals surface area contributed by atoms with Crippen LogP contribution in [-0.2, 0) is 0 Å². The quantitative estimate of drug-likeness (QED) is 0.820. The number of benzene rings is 1. The van der Waals surface area contributed by atoms with Gasteiger partial charge in [0.25, 0.3) is 0 Å². The van der Waals surface area contributed by atoms with E-state index in [4.69, 9.17) is 9.47 Å². The van der Waals surface area contributed by atoms with E-state index in [1.807, 2.05) is 32.2 Å². The number of anilines is 1. The van der Waals surface area contributed by atoms with Gasteiger partial charge in [-0.15, -0.1) is 0 Å². The Morgan fingerprint density at radius 3 is 2.50 bits per heavy atom. The number of methoxy groups -OCH3 is 2. The molecular formula is C14H16IN3O2. The first kappa shape index (κ1) is 14.8. The van der Waals surface area contributed by atoms with Crippen molar-refractivity contribution in [2.75, 3.05) is 26.6 Å². The lowest BCUT2D eigenvalue weighted by atomic mass is 10.1. The topological polar surface area (TPSA) is 56.3 Å². The second-order valence-electron chi connectivity index (χ2n) is 4.11. The van der Waals surface area contributed by atoms with Crippen LogP contribution in [0.4, 0.5) is 5.82 Å². The number of aryl methyl sites for hydroxylation is 1. The summed E-state index contributed by atoms with van der Waals surface area (Å²) in [6.07, 6.45) is 0. The average Bonchev–Trinajstić information content (AvgIpc) is 2.49. The van der Waals surface area contributed by atoms with Crippen molar-refractivity contribution in [2.45, 2.75) is 6.92 Å². The summed E-state index contributed by atoms with van der Waals surface area (Å²) in [5.74, 6) is 2.87. The van der Waals surface area contributed by atoms with Crippen molar-refractivity contribution in [3.05, 3.63) is 27.5 Å². The highest BCUT2D eigenvalue weighted by molar-refractivity contribution is 14.1. The molecule has 0 saturated carbocycles. The monoisotopic (exact) mass is 385 g/mol. The number of aromatic nitrogens is 2. The maximum Gasteiger partial charge on any atom is 0.165 e. The molecule has 2 rings (SSSR count). The highest BCUT2D eigenvalue weighted by Gasteiger charge is 2.14. The maximum absolute atomic E-state index is 5.40. The summed E-state index contributed by atoms with van der Waals surface area (Å²) in [5, 5.41) is 3.08. The number of nitrogens with zero attached hydrogens (tertiary/aromatic N) is 2. The van der Waals surface area contributed by atoms with E-state index in [0.29, 0.717) is 11.6 Å². The zero-order valence-electron chi connectivity index (χ0n) is 11.8. The minimum Gasteiger partial charge on any atom is -0.497 e. The van der Waals surface area contributed by atoms with Crippen molar-refractivity contribution >= 4 is 28.4 Å². The molecule has 0 aliphatic carbocycles. The molecule has 0 aliphatic heterocycles. The number of rotatable bonds is 4. The normalized spacial score (nSPS) is 10.2. The minimum atomic E-state index is 0.631. The molecule has 0 spiro atoms. The van der Waals surface area contributed by atoms with Crippen LogP contribution in [0.3, 0.4) is 0 Å². The summed E-state index contributed by atoms with van der Waals surface area (Å²) in [4.78, 5) is 9.07. The van der Waals surface area contributed by atoms with Gasteiger partial charge in [-0.2, -0.15) is 0 Å². The Balaban J connectivity index is 2.59. The zero-order chi connectivity index (χ0) is 14.7. The van der Waals surface area contributed by atoms with Crippen LogP contribution in [0, 0.1) is 10.5 Å². The van der Waals surface area contributed by atoms with Gasteiger partial charge in [-0.1, -0.05) is 0 Å². The number of hydrogen-bond donors (Lipinski definition) is 1. The van der Waals surface area contributed by atoms with Crippen LogP contribution in [0.1, 0.15) is 5.69 Å². The van der Waals surface area contributed by atoms with E-state index in [1.54, 1.807) is 14.2 Å². The fraction of sp³-hybridized carbons (Fsp3) is 0.286. The number of hydrogen-bond acceptors (Lipinski definition) is 5. The summed E-state index contributed by atoms with van der Waals surface area (Å²) in [6.45, 7) is 1.96. The molecular weight excluding hydrogens is 369 g/mol. The van der Waals surface area contributed by atoms with Crippen molar-refractivity contribution < 1.29 is 9.47 Å². The molecule has 2 aromatic rings. The van der Waals surface area contributed by atoms with Crippen molar-refractivity contribution in [3.8, 4) is 22.9 Å². The maximum atomic E-state index is 5.40. The first-order valence-electron chi connectivity index (χ1n) is 6.05. The first-order valence-corrected chi connectivity index (χ1v) is 7.12. The van der Waals surface area contributed by atoms with Crippen LogP contribution in [-0.4, -0.2) is 31.2 Å². The van der Waals surface area contributed by atoms with Crippen LogP contribution >= 0.6 is 22.6 Å². The van der Waals surface area contributed by atoms with Crippen LogP contribution < -0.4 is 14.8 Å². The molecule has 5 nitrogen and oxygen atoms in total. The third-order valence-electron chi connectivity index (χ3n) is 2.90. The molecule has 0 unspecified atom stereocenters. The zero-order valence-corrected chi connectivity index (χ0v) is 14.0. The molecule has 0 bridgehead atoms. The molecule has 6 heteroatoms. The van der Waals surface area contributed by atoms with Crippen LogP contribution in [0.5, 0.6) is 11.5 Å². The second-order valence-corrected chi connectivity index (χ2v) is 5.19. The molecule has 0 radical (unpaired) electrons. The van der Waals surface area contributed by atoms with E-state index in [9.17, 15) is 0 Å². The minimum absolute atomic E-state index is 0.631. The first-order chi connectivity index (χ1) is 9.60. The number of nitrogens with one attached hydrogen (secondary N) is 1. The van der Waals surface area contributed by atoms with Crippen LogP contribution in [0.2, 0.25) is 0 Å². The molecule has 0 atom stereocenters. The van der Waals surface area contributed by atoms with Gasteiger partial charge >= 0.3 is 0 Å². The molecule has 1 N–H and O–H groups in total. The van der Waals surface area contributed by atoms with E-state index < -0.39 is 0 Å². The molecule has 1 aromatic carbocycles. The van der Waals surface area contributed by atoms with Gasteiger partial charge in [-0.3, -0.25) is 0 Å². The van der Waals surface area contributed by atoms with Crippen molar-refractivity contribution in [1.82, 2.24) is 9.97 Å². The van der Waals surface area contributed by atoms with Crippen molar-refractivity contribution in [2.24, 2.45) is 0 Å². The van der Waals surface area contributed by atoms with E-state index in [2.05, 4.69) is 37.9 Å². The standard InChI is InChI=1S/C14H16IN3O2/c1-8-12(15)14(16-2)18-13(17-8)10-6-5-9(19-3)7-11(10)20-4/h5-7H,1-4H3,(H,16,17,18). The van der Waals surface area contributed by atoms with E-state index >= 15 is 0 Å². The lowest BCUT2D eigenvalue weighted by Gasteiger charge is -2.12. The Morgan fingerprint density at radius 2 is 1.90 bits per heavy atom. The molecule has 0 aliphatic rings. The third-order valence-corrected chi connectivity index (χ3v) is 4.19. The number of ether oxygens (including phenoxy) is 2. The fourth-order valence-electron chi connectivity index (χ4n) is 1.83. The summed E-state index contributed by atoms with van der Waals surface area (Å²) < 4.78 is 11.6. The third kappa shape index (κ3) is 2.79. The predicted octanol–water partition coefficient (Wildman–Crippen LogP) is 3.12. The Hall–Kier alpha value is -1.57. The van der Waals surface area contributed by atoms with Gasteiger partial charge in [0.2, 0.25) is 0 Å². The average molecular weight is 385 g/mol. The molecule has 0 fully saturated rings. The predicted molar refractivity (Wildman–Crippen MR) is 87.6 cm³/mol. The van der Waals surface area contributed by atoms with Crippen LogP contribution in [0.25, 0.3) is 11.4 Å². The van der Waals surface area contributed by atoms with E-state index in [1.165, 1.54) is 0 Å². The van der Waals surface area contributed by atoms with Gasteiger partial charge in [0.15, 0.2) is 5.82 Å². The second kappa shape index (κ2) is 6.25. The van der Waals surface area contributed by atoms with Gasteiger partial charge in [0.1, 0.15) is 17.3 Å². The Kier molecular flexibility index (Phi) is 4.64. The van der Waals surface area contributed by atoms with Crippen molar-refractivity contribution in [1.29, 1.82) is 0 Å². The van der Waals surface area contributed by atoms with Gasteiger partial charge in [0.05, 0.1) is 29.0 Å². The van der Waals surface area contributed by atoms with Crippen LogP contribution in [0.15, 0.2) is 18.2 Å². The lowest BCUT2D eigenvalue weighted by Crippen LogP contribution is -2.03. The van der Waals surface area contributed by atoms with Gasteiger partial charge in [0, 0.05) is 13.1 Å². The molecule has 1 heterocycles. The highest BCUT2D eigenvalue weighted by atomic mass is 127. The van der Waals surface area contributed by atoms with Gasteiger partial charge < -0.3 is 14.8 Å². The molecule has 1 aromatic heterocycles. The molecule has 20 heavy (non-hydrogen) atoms. The molecule has 0 saturated heterocycles. The SMILES string of the molecule is CNc1nc(-c2ccc(OC)cc2OC)nc(C)c1I. The smallest absolute Gasteiger partial charge is 0.165 e. The summed E-state index contributed by atoms with van der Waals surface area (Å²) in [6, 6.07) is 5.59. The largest absolute Gasteiger partial charge is 0.497 e. The highest BCUT2D eigenvalue weighted by Crippen LogP contribution is 2.32. The summed E-state index contributed by atoms with van der Waals surface area (Å²) >= 11 is 2.23. The Bertz CT molecular complexity index is 632. The lowest BCUT2D eigenvalue weighted by molar-refractivity contribution is 0.395. The number of halogens is 1. The Labute approximate surface area is 131 Å². The summed E-state index contributed by atoms with van der Waals surface area (Å²) in [7, 11) is 5.09.